The topological polar surface area (TPSA) is 33.5 Å². The number of hydrogen-bond donors (Lipinski definition) is 0. The van der Waals surface area contributed by atoms with Crippen LogP contribution in [0.4, 0.5) is 11.4 Å². The van der Waals surface area contributed by atoms with Crippen LogP contribution in [0.3, 0.4) is 0 Å². The van der Waals surface area contributed by atoms with Gasteiger partial charge in [-0.05, 0) is 75.2 Å². The predicted molar refractivity (Wildman–Crippen MR) is 256 cm³/mol. The van der Waals surface area contributed by atoms with Gasteiger partial charge in [0.25, 0.3) is 0 Å². The molecule has 6 heteroatoms. The smallest absolute Gasteiger partial charge is 0.135 e. The molecular weight excluding hydrogens is 952 g/mol. The third kappa shape index (κ3) is 8.10. The van der Waals surface area contributed by atoms with Crippen molar-refractivity contribution in [3.05, 3.63) is 229 Å². The standard InChI is InChI=1S/C57H47N4O.Pt/c1-56(2,3)44-30-31-58-55(35-44)61-52-27-16-15-26-50(52)51-29-28-48(37-53(51)61)62-49-33-42(40-18-9-6-10-19-40)32-47(36-49)60-39-59(38-54(60)41-20-11-7-12-21-41)46-25-17-24-45(34-46)57(4,5)43-22-13-8-14-23-43;/h6-35,38-39H,1-5H3;/q-3;. The van der Waals surface area contributed by atoms with Crippen molar-refractivity contribution in [2.75, 3.05) is 9.80 Å². The summed E-state index contributed by atoms with van der Waals surface area (Å²) in [6, 6.07) is 69.0. The maximum Gasteiger partial charge on any atom is 0.135 e. The summed E-state index contributed by atoms with van der Waals surface area (Å²) in [5.41, 5.74) is 11.6. The normalized spacial score (nSPS) is 13.0. The van der Waals surface area contributed by atoms with Gasteiger partial charge >= 0.3 is 0 Å². The van der Waals surface area contributed by atoms with E-state index in [1.54, 1.807) is 0 Å². The fraction of sp³-hybridized carbons (Fsp3) is 0.123. The minimum atomic E-state index is -0.186. The number of pyridine rings is 1. The van der Waals surface area contributed by atoms with Crippen LogP contribution in [0.25, 0.3) is 44.4 Å². The summed E-state index contributed by atoms with van der Waals surface area (Å²) in [7, 11) is 0. The van der Waals surface area contributed by atoms with Gasteiger partial charge in [0.05, 0.1) is 0 Å². The second kappa shape index (κ2) is 16.9. The van der Waals surface area contributed by atoms with E-state index in [-0.39, 0.29) is 31.9 Å². The minimum absolute atomic E-state index is 0. The number of nitrogens with zero attached hydrogens (tertiary/aromatic N) is 4. The largest absolute Gasteiger partial charge is 0.509 e. The van der Waals surface area contributed by atoms with E-state index < -0.39 is 0 Å². The monoisotopic (exact) mass is 998 g/mol. The van der Waals surface area contributed by atoms with Gasteiger partial charge in [0, 0.05) is 61.1 Å². The maximum absolute atomic E-state index is 6.84. The van der Waals surface area contributed by atoms with Crippen molar-refractivity contribution >= 4 is 38.9 Å². The number of para-hydroxylation sites is 1. The average Bonchev–Trinajstić information content (AvgIpc) is 3.90. The van der Waals surface area contributed by atoms with E-state index in [0.717, 1.165) is 61.4 Å². The van der Waals surface area contributed by atoms with Gasteiger partial charge in [0.1, 0.15) is 5.82 Å². The number of fused-ring (bicyclic) bond motifs is 3. The number of anilines is 2. The second-order valence-corrected chi connectivity index (χ2v) is 17.5. The van der Waals surface area contributed by atoms with Crippen molar-refractivity contribution < 1.29 is 25.8 Å². The molecule has 9 aromatic rings. The van der Waals surface area contributed by atoms with Crippen molar-refractivity contribution in [2.45, 2.75) is 45.4 Å². The van der Waals surface area contributed by atoms with Crippen LogP contribution in [0.2, 0.25) is 0 Å². The average molecular weight is 999 g/mol. The van der Waals surface area contributed by atoms with Crippen molar-refractivity contribution in [3.63, 3.8) is 0 Å². The van der Waals surface area contributed by atoms with Crippen LogP contribution < -0.4 is 14.5 Å². The maximum atomic E-state index is 6.84. The molecular formula is C57H47N4OPt-3. The Bertz CT molecular complexity index is 3090. The summed E-state index contributed by atoms with van der Waals surface area (Å²) in [5.74, 6) is 2.02. The van der Waals surface area contributed by atoms with Gasteiger partial charge in [-0.1, -0.05) is 161 Å². The molecule has 0 saturated carbocycles. The molecule has 0 aliphatic carbocycles. The molecule has 0 fully saturated rings. The van der Waals surface area contributed by atoms with Crippen LogP contribution in [0.5, 0.6) is 11.5 Å². The number of aromatic nitrogens is 2. The molecule has 0 bridgehead atoms. The van der Waals surface area contributed by atoms with Crippen molar-refractivity contribution in [3.8, 4) is 28.4 Å². The fourth-order valence-electron chi connectivity index (χ4n) is 8.45. The van der Waals surface area contributed by atoms with Gasteiger partial charge in [0.2, 0.25) is 0 Å². The molecule has 0 spiro atoms. The van der Waals surface area contributed by atoms with Crippen molar-refractivity contribution in [1.82, 2.24) is 9.55 Å². The molecule has 1 aliphatic heterocycles. The quantitative estimate of drug-likeness (QED) is 0.135. The Morgan fingerprint density at radius 1 is 0.556 bits per heavy atom. The van der Waals surface area contributed by atoms with E-state index in [9.17, 15) is 0 Å². The van der Waals surface area contributed by atoms with E-state index in [1.165, 1.54) is 16.7 Å². The molecule has 0 atom stereocenters. The number of ether oxygens (including phenoxy) is 1. The first-order chi connectivity index (χ1) is 30.1. The summed E-state index contributed by atoms with van der Waals surface area (Å²) >= 11 is 0. The molecule has 5 nitrogen and oxygen atoms in total. The summed E-state index contributed by atoms with van der Waals surface area (Å²) < 4.78 is 9.04. The molecule has 3 heterocycles. The zero-order valence-electron chi connectivity index (χ0n) is 36.0. The molecule has 1 aliphatic rings. The third-order valence-electron chi connectivity index (χ3n) is 12.0. The van der Waals surface area contributed by atoms with Crippen LogP contribution in [0.15, 0.2) is 188 Å². The van der Waals surface area contributed by atoms with Gasteiger partial charge in [0.15, 0.2) is 0 Å². The molecule has 2 aromatic heterocycles. The molecule has 7 aromatic carbocycles. The zero-order chi connectivity index (χ0) is 42.4. The number of rotatable bonds is 9. The minimum Gasteiger partial charge on any atom is -0.509 e. The molecule has 0 unspecified atom stereocenters. The third-order valence-corrected chi connectivity index (χ3v) is 12.0. The van der Waals surface area contributed by atoms with E-state index in [1.807, 2.05) is 18.3 Å². The zero-order valence-corrected chi connectivity index (χ0v) is 38.3. The number of hydrogen-bond acceptors (Lipinski definition) is 4. The molecule has 10 rings (SSSR count). The predicted octanol–water partition coefficient (Wildman–Crippen LogP) is 14.3. The molecule has 314 valence electrons. The van der Waals surface area contributed by atoms with E-state index in [4.69, 9.17) is 9.72 Å². The first-order valence-electron chi connectivity index (χ1n) is 21.2. The molecule has 63 heavy (non-hydrogen) atoms. The van der Waals surface area contributed by atoms with Gasteiger partial charge < -0.3 is 19.1 Å². The first-order valence-corrected chi connectivity index (χ1v) is 21.2. The fourth-order valence-corrected chi connectivity index (χ4v) is 8.45. The Balaban J connectivity index is 0.00000504. The van der Waals surface area contributed by atoms with Crippen molar-refractivity contribution in [1.29, 1.82) is 0 Å². The van der Waals surface area contributed by atoms with Gasteiger partial charge in [-0.25, -0.2) is 4.98 Å². The SMILES string of the molecule is CC(C)(C)c1ccnc(-n2c3[c-]c(Oc4[c-]c(N5[CH-]N(c6cccc(C(C)(C)c7ccccc7)c6)C=C5c5ccccc5)cc(-c5ccccc5)c4)ccc3c3ccccc32)c1.[Pt]. The summed E-state index contributed by atoms with van der Waals surface area (Å²) in [5, 5.41) is 2.22. The van der Waals surface area contributed by atoms with E-state index in [2.05, 4.69) is 238 Å². The first kappa shape index (κ1) is 41.7. The van der Waals surface area contributed by atoms with Crippen LogP contribution >= 0.6 is 0 Å². The number of benzene rings is 7. The summed E-state index contributed by atoms with van der Waals surface area (Å²) in [6.07, 6.45) is 4.11. The Hall–Kier alpha value is -6.68. The molecule has 0 amide bonds. The molecule has 0 radical (unpaired) electrons. The van der Waals surface area contributed by atoms with Crippen LogP contribution in [-0.2, 0) is 31.9 Å². The summed E-state index contributed by atoms with van der Waals surface area (Å²) in [6.45, 7) is 13.4. The Morgan fingerprint density at radius 2 is 1.24 bits per heavy atom. The van der Waals surface area contributed by atoms with Gasteiger partial charge in [-0.2, -0.15) is 6.07 Å². The van der Waals surface area contributed by atoms with Crippen LogP contribution in [0.1, 0.15) is 56.9 Å². The molecule has 0 N–H and O–H groups in total. The van der Waals surface area contributed by atoms with Crippen LogP contribution in [0, 0.1) is 18.8 Å². The van der Waals surface area contributed by atoms with Gasteiger partial charge in [-0.3, -0.25) is 0 Å². The second-order valence-electron chi connectivity index (χ2n) is 17.5. The van der Waals surface area contributed by atoms with E-state index in [0.29, 0.717) is 11.5 Å². The van der Waals surface area contributed by atoms with E-state index >= 15 is 0 Å². The van der Waals surface area contributed by atoms with Crippen molar-refractivity contribution in [2.24, 2.45) is 0 Å². The van der Waals surface area contributed by atoms with Crippen LogP contribution in [-0.4, -0.2) is 9.55 Å². The van der Waals surface area contributed by atoms with Gasteiger partial charge in [-0.15, -0.1) is 53.6 Å². The Kier molecular flexibility index (Phi) is 11.2. The Morgan fingerprint density at radius 3 is 1.98 bits per heavy atom. The summed E-state index contributed by atoms with van der Waals surface area (Å²) in [4.78, 5) is 9.30. The Labute approximate surface area is 385 Å². The molecule has 0 saturated heterocycles.